The fourth-order valence-corrected chi connectivity index (χ4v) is 2.58. The van der Waals surface area contributed by atoms with Gasteiger partial charge in [-0.05, 0) is 36.4 Å². The van der Waals surface area contributed by atoms with Crippen molar-refractivity contribution in [3.8, 4) is 0 Å². The van der Waals surface area contributed by atoms with Crippen LogP contribution in [0.15, 0.2) is 47.4 Å². The summed E-state index contributed by atoms with van der Waals surface area (Å²) in [6, 6.07) is 6.69. The molecule has 0 aliphatic rings. The van der Waals surface area contributed by atoms with Crippen molar-refractivity contribution in [3.63, 3.8) is 0 Å². The maximum absolute atomic E-state index is 13.4. The van der Waals surface area contributed by atoms with Crippen LogP contribution in [0.4, 0.5) is 18.9 Å². The van der Waals surface area contributed by atoms with Crippen molar-refractivity contribution < 1.29 is 21.6 Å². The summed E-state index contributed by atoms with van der Waals surface area (Å²) in [5.74, 6) is -2.63. The molecule has 0 fully saturated rings. The van der Waals surface area contributed by atoms with Gasteiger partial charge in [-0.15, -0.1) is 0 Å². The Balaban J connectivity index is 2.40. The van der Waals surface area contributed by atoms with E-state index in [1.54, 1.807) is 0 Å². The van der Waals surface area contributed by atoms with Gasteiger partial charge in [0.25, 0.3) is 10.0 Å². The summed E-state index contributed by atoms with van der Waals surface area (Å²) in [6.45, 7) is 0. The topological polar surface area (TPSA) is 46.2 Å². The van der Waals surface area contributed by atoms with Crippen molar-refractivity contribution in [3.05, 3.63) is 59.9 Å². The molecule has 0 atom stereocenters. The summed E-state index contributed by atoms with van der Waals surface area (Å²) in [6.07, 6.45) is 0. The molecule has 0 heterocycles. The van der Waals surface area contributed by atoms with E-state index in [0.717, 1.165) is 18.2 Å². The largest absolute Gasteiger partial charge is 0.279 e. The standard InChI is InChI=1S/C12H8F3NO2S/c13-8-2-1-3-10(6-8)16-19(17,18)12-7-9(14)4-5-11(12)15/h1-7,16H. The van der Waals surface area contributed by atoms with E-state index in [2.05, 4.69) is 0 Å². The van der Waals surface area contributed by atoms with Crippen LogP contribution in [0.25, 0.3) is 0 Å². The molecule has 0 bridgehead atoms. The lowest BCUT2D eigenvalue weighted by Crippen LogP contribution is -2.15. The van der Waals surface area contributed by atoms with Gasteiger partial charge in [-0.1, -0.05) is 6.07 Å². The number of hydrogen-bond acceptors (Lipinski definition) is 2. The summed E-state index contributed by atoms with van der Waals surface area (Å²) in [7, 11) is -4.31. The first-order valence-corrected chi connectivity index (χ1v) is 6.60. The molecule has 0 radical (unpaired) electrons. The zero-order valence-corrected chi connectivity index (χ0v) is 10.2. The monoisotopic (exact) mass is 287 g/mol. The molecule has 0 spiro atoms. The van der Waals surface area contributed by atoms with Gasteiger partial charge < -0.3 is 0 Å². The predicted octanol–water partition coefficient (Wildman–Crippen LogP) is 2.90. The van der Waals surface area contributed by atoms with Crippen LogP contribution < -0.4 is 4.72 Å². The van der Waals surface area contributed by atoms with Crippen LogP contribution in [-0.4, -0.2) is 8.42 Å². The Morgan fingerprint density at radius 2 is 1.58 bits per heavy atom. The van der Waals surface area contributed by atoms with E-state index in [4.69, 9.17) is 0 Å². The zero-order valence-electron chi connectivity index (χ0n) is 9.40. The minimum absolute atomic E-state index is 0.0799. The molecule has 0 unspecified atom stereocenters. The third kappa shape index (κ3) is 3.05. The van der Waals surface area contributed by atoms with E-state index < -0.39 is 32.4 Å². The fraction of sp³-hybridized carbons (Fsp3) is 0. The zero-order chi connectivity index (χ0) is 14.0. The average Bonchev–Trinajstić information content (AvgIpc) is 2.31. The smallest absolute Gasteiger partial charge is 0.264 e. The van der Waals surface area contributed by atoms with Crippen molar-refractivity contribution in [1.29, 1.82) is 0 Å². The van der Waals surface area contributed by atoms with Crippen molar-refractivity contribution in [2.24, 2.45) is 0 Å². The Morgan fingerprint density at radius 1 is 0.895 bits per heavy atom. The predicted molar refractivity (Wildman–Crippen MR) is 63.6 cm³/mol. The van der Waals surface area contributed by atoms with Gasteiger partial charge in [0, 0.05) is 0 Å². The molecule has 100 valence electrons. The molecule has 0 saturated carbocycles. The van der Waals surface area contributed by atoms with Gasteiger partial charge in [0.1, 0.15) is 22.3 Å². The number of benzene rings is 2. The number of hydrogen-bond donors (Lipinski definition) is 1. The van der Waals surface area contributed by atoms with Gasteiger partial charge in [-0.2, -0.15) is 0 Å². The number of anilines is 1. The lowest BCUT2D eigenvalue weighted by Gasteiger charge is -2.08. The van der Waals surface area contributed by atoms with Crippen molar-refractivity contribution in [2.45, 2.75) is 4.90 Å². The molecule has 2 aromatic rings. The van der Waals surface area contributed by atoms with E-state index in [1.165, 1.54) is 12.1 Å². The molecule has 2 aromatic carbocycles. The third-order valence-electron chi connectivity index (χ3n) is 2.26. The van der Waals surface area contributed by atoms with E-state index in [-0.39, 0.29) is 5.69 Å². The number of nitrogens with one attached hydrogen (secondary N) is 1. The maximum atomic E-state index is 13.4. The minimum atomic E-state index is -4.31. The molecule has 0 saturated heterocycles. The van der Waals surface area contributed by atoms with Crippen molar-refractivity contribution in [1.82, 2.24) is 0 Å². The van der Waals surface area contributed by atoms with Crippen LogP contribution in [0.1, 0.15) is 0 Å². The van der Waals surface area contributed by atoms with Gasteiger partial charge in [-0.25, -0.2) is 21.6 Å². The van der Waals surface area contributed by atoms with Gasteiger partial charge >= 0.3 is 0 Å². The second kappa shape index (κ2) is 4.93. The second-order valence-electron chi connectivity index (χ2n) is 3.69. The van der Waals surface area contributed by atoms with Gasteiger partial charge in [0.15, 0.2) is 0 Å². The number of sulfonamides is 1. The molecule has 19 heavy (non-hydrogen) atoms. The van der Waals surface area contributed by atoms with E-state index >= 15 is 0 Å². The summed E-state index contributed by atoms with van der Waals surface area (Å²) in [5, 5.41) is 0. The lowest BCUT2D eigenvalue weighted by molar-refractivity contribution is 0.555. The van der Waals surface area contributed by atoms with Gasteiger partial charge in [0.05, 0.1) is 5.69 Å². The van der Waals surface area contributed by atoms with Crippen LogP contribution in [-0.2, 0) is 10.0 Å². The maximum Gasteiger partial charge on any atom is 0.264 e. The normalized spacial score (nSPS) is 11.3. The molecule has 1 N–H and O–H groups in total. The molecular formula is C12H8F3NO2S. The molecule has 3 nitrogen and oxygen atoms in total. The number of halogens is 3. The fourth-order valence-electron chi connectivity index (χ4n) is 1.45. The second-order valence-corrected chi connectivity index (χ2v) is 5.34. The highest BCUT2D eigenvalue weighted by Gasteiger charge is 2.20. The SMILES string of the molecule is O=S(=O)(Nc1cccc(F)c1)c1cc(F)ccc1F. The van der Waals surface area contributed by atoms with Crippen LogP contribution >= 0.6 is 0 Å². The van der Waals surface area contributed by atoms with Crippen molar-refractivity contribution >= 4 is 15.7 Å². The average molecular weight is 287 g/mol. The summed E-state index contributed by atoms with van der Waals surface area (Å²) in [4.78, 5) is -0.836. The highest BCUT2D eigenvalue weighted by atomic mass is 32.2. The van der Waals surface area contributed by atoms with E-state index in [9.17, 15) is 21.6 Å². The van der Waals surface area contributed by atoms with Crippen LogP contribution in [0.2, 0.25) is 0 Å². The van der Waals surface area contributed by atoms with Gasteiger partial charge in [0.2, 0.25) is 0 Å². The summed E-state index contributed by atoms with van der Waals surface area (Å²) in [5.41, 5.74) is -0.0799. The summed E-state index contributed by atoms with van der Waals surface area (Å²) >= 11 is 0. The lowest BCUT2D eigenvalue weighted by atomic mass is 10.3. The van der Waals surface area contributed by atoms with E-state index in [0.29, 0.717) is 12.1 Å². The molecule has 0 aliphatic carbocycles. The highest BCUT2D eigenvalue weighted by Crippen LogP contribution is 2.20. The first-order chi connectivity index (χ1) is 8.88. The van der Waals surface area contributed by atoms with Crippen LogP contribution in [0.3, 0.4) is 0 Å². The Morgan fingerprint density at radius 3 is 2.26 bits per heavy atom. The Hall–Kier alpha value is -2.02. The van der Waals surface area contributed by atoms with E-state index in [1.807, 2.05) is 4.72 Å². The Labute approximate surface area is 107 Å². The summed E-state index contributed by atoms with van der Waals surface area (Å²) < 4.78 is 64.9. The molecular weight excluding hydrogens is 279 g/mol. The minimum Gasteiger partial charge on any atom is -0.279 e. The Bertz CT molecular complexity index is 717. The first kappa shape index (κ1) is 13.4. The molecule has 2 rings (SSSR count). The molecule has 0 aromatic heterocycles. The van der Waals surface area contributed by atoms with Crippen molar-refractivity contribution in [2.75, 3.05) is 4.72 Å². The third-order valence-corrected chi connectivity index (χ3v) is 3.66. The first-order valence-electron chi connectivity index (χ1n) is 5.12. The number of rotatable bonds is 3. The quantitative estimate of drug-likeness (QED) is 0.943. The van der Waals surface area contributed by atoms with Crippen LogP contribution in [0.5, 0.6) is 0 Å². The highest BCUT2D eigenvalue weighted by molar-refractivity contribution is 7.92. The van der Waals surface area contributed by atoms with Gasteiger partial charge in [-0.3, -0.25) is 4.72 Å². The molecule has 7 heteroatoms. The Kier molecular flexibility index (Phi) is 3.48. The molecule has 0 amide bonds. The van der Waals surface area contributed by atoms with Crippen LogP contribution in [0, 0.1) is 17.5 Å². The molecule has 0 aliphatic heterocycles.